The molecule has 1 aromatic heterocycles. The number of hydrogen-bond donors (Lipinski definition) is 2. The first-order chi connectivity index (χ1) is 12.5. The topological polar surface area (TPSA) is 80.0 Å². The molecule has 26 heavy (non-hydrogen) atoms. The highest BCUT2D eigenvalue weighted by Gasteiger charge is 2.19. The maximum absolute atomic E-state index is 12.3. The van der Waals surface area contributed by atoms with Crippen LogP contribution >= 0.6 is 0 Å². The van der Waals surface area contributed by atoms with Crippen LogP contribution in [0.1, 0.15) is 27.3 Å². The zero-order chi connectivity index (χ0) is 18.7. The first kappa shape index (κ1) is 17.8. The number of rotatable bonds is 5. The van der Waals surface area contributed by atoms with Gasteiger partial charge in [0.1, 0.15) is 0 Å². The Bertz CT molecular complexity index is 929. The standard InChI is InChI=1S/C20H22N4O2/c1-13-5-8-16(9-6-13)19-22-18(20(26)21-10-11-25)23-24(19)17-12-14(2)4-7-15(17)3/h4-9,12,25H,10-11H2,1-3H3,(H,21,26). The van der Waals surface area contributed by atoms with Crippen molar-refractivity contribution in [2.24, 2.45) is 0 Å². The molecule has 0 radical (unpaired) electrons. The lowest BCUT2D eigenvalue weighted by Gasteiger charge is -2.10. The monoisotopic (exact) mass is 350 g/mol. The second kappa shape index (κ2) is 7.49. The van der Waals surface area contributed by atoms with Gasteiger partial charge in [0.15, 0.2) is 5.82 Å². The van der Waals surface area contributed by atoms with Gasteiger partial charge in [-0.25, -0.2) is 9.67 Å². The molecular formula is C20H22N4O2. The number of aliphatic hydroxyl groups is 1. The molecule has 0 aliphatic rings. The summed E-state index contributed by atoms with van der Waals surface area (Å²) in [5, 5.41) is 16.0. The molecule has 0 aliphatic heterocycles. The first-order valence-corrected chi connectivity index (χ1v) is 8.50. The molecule has 0 atom stereocenters. The maximum Gasteiger partial charge on any atom is 0.291 e. The summed E-state index contributed by atoms with van der Waals surface area (Å²) in [5.74, 6) is 0.277. The minimum atomic E-state index is -0.406. The van der Waals surface area contributed by atoms with Crippen LogP contribution in [-0.4, -0.2) is 38.9 Å². The third kappa shape index (κ3) is 3.65. The highest BCUT2D eigenvalue weighted by atomic mass is 16.3. The molecule has 0 bridgehead atoms. The van der Waals surface area contributed by atoms with Gasteiger partial charge in [-0.05, 0) is 38.0 Å². The summed E-state index contributed by atoms with van der Waals surface area (Å²) in [6.45, 7) is 6.07. The molecule has 0 unspecified atom stereocenters. The fraction of sp³-hybridized carbons (Fsp3) is 0.250. The zero-order valence-electron chi connectivity index (χ0n) is 15.2. The van der Waals surface area contributed by atoms with E-state index in [0.717, 1.165) is 27.9 Å². The average molecular weight is 350 g/mol. The summed E-state index contributed by atoms with van der Waals surface area (Å²) in [4.78, 5) is 16.7. The summed E-state index contributed by atoms with van der Waals surface area (Å²) in [7, 11) is 0. The van der Waals surface area contributed by atoms with Crippen LogP contribution in [0.5, 0.6) is 0 Å². The summed E-state index contributed by atoms with van der Waals surface area (Å²) in [5.41, 5.74) is 5.05. The minimum absolute atomic E-state index is 0.0786. The van der Waals surface area contributed by atoms with Gasteiger partial charge in [-0.3, -0.25) is 4.79 Å². The van der Waals surface area contributed by atoms with Gasteiger partial charge in [-0.2, -0.15) is 0 Å². The molecule has 6 heteroatoms. The Kier molecular flexibility index (Phi) is 5.14. The van der Waals surface area contributed by atoms with E-state index in [1.807, 2.05) is 63.2 Å². The van der Waals surface area contributed by atoms with Crippen LogP contribution in [0.25, 0.3) is 17.1 Å². The van der Waals surface area contributed by atoms with Gasteiger partial charge in [-0.1, -0.05) is 42.0 Å². The normalized spacial score (nSPS) is 10.8. The predicted octanol–water partition coefficient (Wildman–Crippen LogP) is 2.58. The van der Waals surface area contributed by atoms with Crippen molar-refractivity contribution in [1.29, 1.82) is 0 Å². The number of amides is 1. The van der Waals surface area contributed by atoms with Crippen molar-refractivity contribution >= 4 is 5.91 Å². The molecule has 3 rings (SSSR count). The van der Waals surface area contributed by atoms with E-state index in [-0.39, 0.29) is 19.0 Å². The number of nitrogens with one attached hydrogen (secondary N) is 1. The lowest BCUT2D eigenvalue weighted by Crippen LogP contribution is -2.27. The fourth-order valence-corrected chi connectivity index (χ4v) is 2.66. The Labute approximate surface area is 152 Å². The van der Waals surface area contributed by atoms with Gasteiger partial charge in [0.25, 0.3) is 5.91 Å². The van der Waals surface area contributed by atoms with Crippen molar-refractivity contribution < 1.29 is 9.90 Å². The molecule has 0 saturated heterocycles. The minimum Gasteiger partial charge on any atom is -0.395 e. The summed E-state index contributed by atoms with van der Waals surface area (Å²) in [6, 6.07) is 14.0. The van der Waals surface area contributed by atoms with E-state index in [4.69, 9.17) is 5.11 Å². The predicted molar refractivity (Wildman–Crippen MR) is 100 cm³/mol. The van der Waals surface area contributed by atoms with Crippen LogP contribution in [0, 0.1) is 20.8 Å². The Hall–Kier alpha value is -2.99. The van der Waals surface area contributed by atoms with E-state index in [2.05, 4.69) is 15.4 Å². The number of benzene rings is 2. The van der Waals surface area contributed by atoms with Crippen molar-refractivity contribution in [3.05, 3.63) is 65.0 Å². The Balaban J connectivity index is 2.14. The highest BCUT2D eigenvalue weighted by molar-refractivity contribution is 5.91. The van der Waals surface area contributed by atoms with E-state index in [9.17, 15) is 4.79 Å². The molecule has 0 saturated carbocycles. The zero-order valence-corrected chi connectivity index (χ0v) is 15.2. The van der Waals surface area contributed by atoms with Gasteiger partial charge < -0.3 is 10.4 Å². The quantitative estimate of drug-likeness (QED) is 0.741. The Morgan fingerprint density at radius 3 is 2.46 bits per heavy atom. The highest BCUT2D eigenvalue weighted by Crippen LogP contribution is 2.24. The van der Waals surface area contributed by atoms with Gasteiger partial charge in [-0.15, -0.1) is 5.10 Å². The number of carbonyl (C=O) groups is 1. The van der Waals surface area contributed by atoms with E-state index in [1.165, 1.54) is 0 Å². The third-order valence-electron chi connectivity index (χ3n) is 4.11. The van der Waals surface area contributed by atoms with Crippen LogP contribution in [-0.2, 0) is 0 Å². The number of aromatic nitrogens is 3. The van der Waals surface area contributed by atoms with E-state index < -0.39 is 5.91 Å². The van der Waals surface area contributed by atoms with Gasteiger partial charge in [0.2, 0.25) is 5.82 Å². The molecule has 0 spiro atoms. The first-order valence-electron chi connectivity index (χ1n) is 8.50. The second-order valence-electron chi connectivity index (χ2n) is 6.31. The molecule has 2 N–H and O–H groups in total. The number of carbonyl (C=O) groups excluding carboxylic acids is 1. The van der Waals surface area contributed by atoms with Gasteiger partial charge in [0.05, 0.1) is 12.3 Å². The maximum atomic E-state index is 12.3. The van der Waals surface area contributed by atoms with Crippen LogP contribution < -0.4 is 5.32 Å². The van der Waals surface area contributed by atoms with Crippen LogP contribution in [0.4, 0.5) is 0 Å². The van der Waals surface area contributed by atoms with Gasteiger partial charge >= 0.3 is 0 Å². The lowest BCUT2D eigenvalue weighted by atomic mass is 10.1. The third-order valence-corrected chi connectivity index (χ3v) is 4.11. The van der Waals surface area contributed by atoms with Crippen LogP contribution in [0.15, 0.2) is 42.5 Å². The molecule has 1 amide bonds. The second-order valence-corrected chi connectivity index (χ2v) is 6.31. The molecule has 3 aromatic rings. The molecule has 0 fully saturated rings. The smallest absolute Gasteiger partial charge is 0.291 e. The summed E-state index contributed by atoms with van der Waals surface area (Å²) in [6.07, 6.45) is 0. The average Bonchev–Trinajstić information content (AvgIpc) is 3.07. The number of nitrogens with zero attached hydrogens (tertiary/aromatic N) is 3. The number of aliphatic hydroxyl groups excluding tert-OH is 1. The van der Waals surface area contributed by atoms with E-state index >= 15 is 0 Å². The molecule has 1 heterocycles. The SMILES string of the molecule is Cc1ccc(-c2nc(C(=O)NCCO)nn2-c2cc(C)ccc2C)cc1. The summed E-state index contributed by atoms with van der Waals surface area (Å²) >= 11 is 0. The molecule has 6 nitrogen and oxygen atoms in total. The Morgan fingerprint density at radius 2 is 1.77 bits per heavy atom. The Morgan fingerprint density at radius 1 is 1.08 bits per heavy atom. The van der Waals surface area contributed by atoms with E-state index in [1.54, 1.807) is 4.68 Å². The van der Waals surface area contributed by atoms with Gasteiger partial charge in [0, 0.05) is 12.1 Å². The number of hydrogen-bond acceptors (Lipinski definition) is 4. The molecule has 0 aliphatic carbocycles. The van der Waals surface area contributed by atoms with Crippen molar-refractivity contribution in [1.82, 2.24) is 20.1 Å². The largest absolute Gasteiger partial charge is 0.395 e. The molecular weight excluding hydrogens is 328 g/mol. The summed E-state index contributed by atoms with van der Waals surface area (Å²) < 4.78 is 1.71. The van der Waals surface area contributed by atoms with Crippen LogP contribution in [0.3, 0.4) is 0 Å². The molecule has 134 valence electrons. The fourth-order valence-electron chi connectivity index (χ4n) is 2.66. The van der Waals surface area contributed by atoms with Crippen molar-refractivity contribution in [2.75, 3.05) is 13.2 Å². The van der Waals surface area contributed by atoms with Crippen molar-refractivity contribution in [3.8, 4) is 17.1 Å². The number of aryl methyl sites for hydroxylation is 3. The molecule has 2 aromatic carbocycles. The van der Waals surface area contributed by atoms with Crippen molar-refractivity contribution in [2.45, 2.75) is 20.8 Å². The van der Waals surface area contributed by atoms with E-state index in [0.29, 0.717) is 5.82 Å². The van der Waals surface area contributed by atoms with Crippen molar-refractivity contribution in [3.63, 3.8) is 0 Å². The lowest BCUT2D eigenvalue weighted by molar-refractivity contribution is 0.0934. The van der Waals surface area contributed by atoms with Crippen LogP contribution in [0.2, 0.25) is 0 Å².